The van der Waals surface area contributed by atoms with Crippen molar-refractivity contribution in [2.45, 2.75) is 64.1 Å². The van der Waals surface area contributed by atoms with E-state index < -0.39 is 17.6 Å². The normalized spacial score (nSPS) is 19.1. The summed E-state index contributed by atoms with van der Waals surface area (Å²) >= 11 is 0. The van der Waals surface area contributed by atoms with Crippen molar-refractivity contribution in [1.29, 1.82) is 5.26 Å². The number of carbonyl (C=O) groups excluding carboxylic acids is 1. The molecule has 0 aliphatic carbocycles. The van der Waals surface area contributed by atoms with Gasteiger partial charge in [-0.1, -0.05) is 26.0 Å². The van der Waals surface area contributed by atoms with Gasteiger partial charge in [0.05, 0.1) is 18.3 Å². The largest absolute Gasteiger partial charge is 0.492 e. The zero-order valence-electron chi connectivity index (χ0n) is 23.0. The molecular weight excluding hydrogens is 500 g/mol. The number of likely N-dealkylation sites (tertiary alicyclic amines) is 2. The van der Waals surface area contributed by atoms with Crippen LogP contribution in [0.4, 0.5) is 8.78 Å². The van der Waals surface area contributed by atoms with Crippen molar-refractivity contribution in [3.05, 3.63) is 53.3 Å². The first-order chi connectivity index (χ1) is 18.7. The zero-order valence-corrected chi connectivity index (χ0v) is 23.0. The molecule has 0 bridgehead atoms. The predicted octanol–water partition coefficient (Wildman–Crippen LogP) is 5.58. The van der Waals surface area contributed by atoms with Crippen molar-refractivity contribution in [2.75, 3.05) is 39.3 Å². The molecule has 2 saturated heterocycles. The molecule has 4 rings (SSSR count). The molecule has 0 saturated carbocycles. The number of ether oxygens (including phenoxy) is 1. The third-order valence-electron chi connectivity index (χ3n) is 8.27. The van der Waals surface area contributed by atoms with Gasteiger partial charge in [0.2, 0.25) is 0 Å². The number of halogens is 2. The molecule has 2 aromatic carbocycles. The van der Waals surface area contributed by atoms with Crippen LogP contribution in [0.15, 0.2) is 36.4 Å². The number of benzene rings is 2. The van der Waals surface area contributed by atoms with E-state index >= 15 is 4.39 Å². The lowest BCUT2D eigenvalue weighted by molar-refractivity contribution is 0.0473. The molecule has 2 fully saturated rings. The van der Waals surface area contributed by atoms with E-state index in [1.165, 1.54) is 6.07 Å². The van der Waals surface area contributed by atoms with E-state index in [1.807, 2.05) is 13.8 Å². The minimum Gasteiger partial charge on any atom is -0.492 e. The highest BCUT2D eigenvalue weighted by atomic mass is 19.1. The summed E-state index contributed by atoms with van der Waals surface area (Å²) in [5.41, 5.74) is 0.250. The SMILES string of the molecule is CCC(F)(CC)CN1CCC(COc2ccc(-c3ccc(C(=O)N4CCC[C@@H](O)C4)cc3F)cc2C#N)CC1. The fourth-order valence-corrected chi connectivity index (χ4v) is 5.51. The van der Waals surface area contributed by atoms with Crippen LogP contribution in [0.3, 0.4) is 0 Å². The Hall–Kier alpha value is -3.02. The molecule has 6 nitrogen and oxygen atoms in total. The summed E-state index contributed by atoms with van der Waals surface area (Å²) < 4.78 is 35.9. The Morgan fingerprint density at radius 3 is 2.51 bits per heavy atom. The third kappa shape index (κ3) is 7.14. The average molecular weight is 540 g/mol. The lowest BCUT2D eigenvalue weighted by atomic mass is 9.94. The Morgan fingerprint density at radius 1 is 1.13 bits per heavy atom. The fraction of sp³-hybridized carbons (Fsp3) is 0.548. The molecule has 8 heteroatoms. The van der Waals surface area contributed by atoms with Crippen LogP contribution in [0.2, 0.25) is 0 Å². The molecule has 0 aromatic heterocycles. The number of β-amino-alcohol motifs (C(OH)–C–C–N with tert-alkyl or cyclic N) is 1. The predicted molar refractivity (Wildman–Crippen MR) is 147 cm³/mol. The maximum atomic E-state index is 15.1. The monoisotopic (exact) mass is 539 g/mol. The van der Waals surface area contributed by atoms with Gasteiger partial charge in [-0.3, -0.25) is 4.79 Å². The molecule has 2 heterocycles. The van der Waals surface area contributed by atoms with Gasteiger partial charge in [0, 0.05) is 30.8 Å². The van der Waals surface area contributed by atoms with Gasteiger partial charge in [0.25, 0.3) is 5.91 Å². The second kappa shape index (κ2) is 12.9. The maximum Gasteiger partial charge on any atom is 0.254 e. The van der Waals surface area contributed by atoms with Crippen LogP contribution >= 0.6 is 0 Å². The minimum absolute atomic E-state index is 0.235. The van der Waals surface area contributed by atoms with E-state index in [2.05, 4.69) is 11.0 Å². The average Bonchev–Trinajstić information content (AvgIpc) is 2.96. The Bertz CT molecular complexity index is 1190. The molecular formula is C31H39F2N3O3. The summed E-state index contributed by atoms with van der Waals surface area (Å²) in [5.74, 6) is -0.0648. The summed E-state index contributed by atoms with van der Waals surface area (Å²) in [7, 11) is 0. The number of nitrogens with zero attached hydrogens (tertiary/aromatic N) is 3. The van der Waals surface area contributed by atoms with Gasteiger partial charge >= 0.3 is 0 Å². The first kappa shape index (κ1) is 29.0. The first-order valence-electron chi connectivity index (χ1n) is 14.1. The van der Waals surface area contributed by atoms with E-state index in [-0.39, 0.29) is 18.0 Å². The van der Waals surface area contributed by atoms with E-state index in [4.69, 9.17) is 4.74 Å². The van der Waals surface area contributed by atoms with Crippen LogP contribution in [-0.2, 0) is 0 Å². The quantitative estimate of drug-likeness (QED) is 0.450. The lowest BCUT2D eigenvalue weighted by Crippen LogP contribution is -2.44. The van der Waals surface area contributed by atoms with Gasteiger partial charge in [0.1, 0.15) is 23.3 Å². The van der Waals surface area contributed by atoms with Gasteiger partial charge in [-0.05, 0) is 87.4 Å². The van der Waals surface area contributed by atoms with E-state index in [9.17, 15) is 19.6 Å². The molecule has 1 atom stereocenters. The summed E-state index contributed by atoms with van der Waals surface area (Å²) in [6, 6.07) is 11.5. The molecule has 0 radical (unpaired) electrons. The minimum atomic E-state index is -1.13. The summed E-state index contributed by atoms with van der Waals surface area (Å²) in [5, 5.41) is 19.6. The number of aliphatic hydroxyl groups excluding tert-OH is 1. The number of carbonyl (C=O) groups is 1. The summed E-state index contributed by atoms with van der Waals surface area (Å²) in [4.78, 5) is 16.5. The van der Waals surface area contributed by atoms with Gasteiger partial charge in [-0.2, -0.15) is 5.26 Å². The van der Waals surface area contributed by atoms with Crippen molar-refractivity contribution in [3.63, 3.8) is 0 Å². The number of hydrogen-bond donors (Lipinski definition) is 1. The van der Waals surface area contributed by atoms with E-state index in [0.29, 0.717) is 67.3 Å². The maximum absolute atomic E-state index is 15.1. The second-order valence-corrected chi connectivity index (χ2v) is 11.0. The highest BCUT2D eigenvalue weighted by Crippen LogP contribution is 2.31. The van der Waals surface area contributed by atoms with Gasteiger partial charge in [-0.25, -0.2) is 8.78 Å². The Kier molecular flexibility index (Phi) is 9.58. The molecule has 0 spiro atoms. The lowest BCUT2D eigenvalue weighted by Gasteiger charge is -2.36. The van der Waals surface area contributed by atoms with Crippen LogP contribution in [0.5, 0.6) is 5.75 Å². The van der Waals surface area contributed by atoms with Crippen molar-refractivity contribution in [1.82, 2.24) is 9.80 Å². The molecule has 0 unspecified atom stereocenters. The van der Waals surface area contributed by atoms with Crippen molar-refractivity contribution in [2.24, 2.45) is 5.92 Å². The van der Waals surface area contributed by atoms with E-state index in [0.717, 1.165) is 32.4 Å². The van der Waals surface area contributed by atoms with Crippen LogP contribution in [-0.4, -0.2) is 71.9 Å². The number of alkyl halides is 1. The topological polar surface area (TPSA) is 76.8 Å². The number of nitriles is 1. The Balaban J connectivity index is 1.36. The molecule has 1 amide bonds. The van der Waals surface area contributed by atoms with Gasteiger partial charge in [-0.15, -0.1) is 0 Å². The smallest absolute Gasteiger partial charge is 0.254 e. The number of hydrogen-bond acceptors (Lipinski definition) is 5. The number of amides is 1. The van der Waals surface area contributed by atoms with Gasteiger partial charge < -0.3 is 19.6 Å². The Morgan fingerprint density at radius 2 is 1.87 bits per heavy atom. The third-order valence-corrected chi connectivity index (χ3v) is 8.27. The number of piperidine rings is 2. The van der Waals surface area contributed by atoms with Crippen molar-refractivity contribution >= 4 is 5.91 Å². The van der Waals surface area contributed by atoms with Crippen LogP contribution in [0.1, 0.15) is 68.3 Å². The standard InChI is InChI=1S/C31H39F2N3O3/c1-3-31(33,4-2)21-35-14-11-22(12-15-35)20-39-29-10-8-23(16-25(29)18-34)27-9-7-24(17-28(27)32)30(38)36-13-5-6-26(37)19-36/h7-10,16-17,22,26,37H,3-6,11-15,19-21H2,1-2H3/t26-/m1/s1. The number of aliphatic hydroxyl groups is 1. The van der Waals surface area contributed by atoms with Crippen LogP contribution < -0.4 is 4.74 Å². The van der Waals surface area contributed by atoms with E-state index in [1.54, 1.807) is 35.2 Å². The summed E-state index contributed by atoms with van der Waals surface area (Å²) in [6.45, 7) is 7.21. The van der Waals surface area contributed by atoms with Crippen molar-refractivity contribution < 1.29 is 23.4 Å². The molecule has 2 aromatic rings. The molecule has 210 valence electrons. The summed E-state index contributed by atoms with van der Waals surface area (Å²) in [6.07, 6.45) is 3.70. The van der Waals surface area contributed by atoms with Crippen molar-refractivity contribution in [3.8, 4) is 22.9 Å². The molecule has 2 aliphatic rings. The highest BCUT2D eigenvalue weighted by molar-refractivity contribution is 5.95. The highest BCUT2D eigenvalue weighted by Gasteiger charge is 2.30. The Labute approximate surface area is 230 Å². The zero-order chi connectivity index (χ0) is 28.0. The first-order valence-corrected chi connectivity index (χ1v) is 14.1. The second-order valence-electron chi connectivity index (χ2n) is 11.0. The number of rotatable bonds is 9. The van der Waals surface area contributed by atoms with Gasteiger partial charge in [0.15, 0.2) is 0 Å². The fourth-order valence-electron chi connectivity index (χ4n) is 5.51. The van der Waals surface area contributed by atoms with Crippen LogP contribution in [0, 0.1) is 23.1 Å². The molecule has 39 heavy (non-hydrogen) atoms. The van der Waals surface area contributed by atoms with Crippen LogP contribution in [0.25, 0.3) is 11.1 Å². The molecule has 2 aliphatic heterocycles. The molecule has 1 N–H and O–H groups in total.